The van der Waals surface area contributed by atoms with Crippen molar-refractivity contribution in [3.05, 3.63) is 107 Å². The van der Waals surface area contributed by atoms with E-state index >= 15 is 0 Å². The van der Waals surface area contributed by atoms with Crippen molar-refractivity contribution in [1.82, 2.24) is 10.6 Å². The fraction of sp³-hybridized carbons (Fsp3) is 0.167. The molecule has 2 atom stereocenters. The highest BCUT2D eigenvalue weighted by Gasteiger charge is 2.15. The highest BCUT2D eigenvalue weighted by molar-refractivity contribution is 5.99. The molecular weight excluding hydrogens is 348 g/mol. The second kappa shape index (κ2) is 9.00. The van der Waals surface area contributed by atoms with Crippen molar-refractivity contribution in [3.63, 3.8) is 0 Å². The molecule has 142 valence electrons. The van der Waals surface area contributed by atoms with Crippen LogP contribution >= 0.6 is 0 Å². The van der Waals surface area contributed by atoms with Crippen LogP contribution in [0.2, 0.25) is 0 Å². The average molecular weight is 372 g/mol. The minimum atomic E-state index is -0.206. The molecule has 2 N–H and O–H groups in total. The summed E-state index contributed by atoms with van der Waals surface area (Å²) >= 11 is 0. The number of benzene rings is 3. The molecule has 0 aliphatic rings. The van der Waals surface area contributed by atoms with E-state index in [-0.39, 0.29) is 23.9 Å². The fourth-order valence-corrected chi connectivity index (χ4v) is 3.01. The lowest BCUT2D eigenvalue weighted by atomic mass is 10.1. The summed E-state index contributed by atoms with van der Waals surface area (Å²) < 4.78 is 0. The fourth-order valence-electron chi connectivity index (χ4n) is 3.01. The Labute approximate surface area is 165 Å². The molecule has 0 spiro atoms. The van der Waals surface area contributed by atoms with Gasteiger partial charge in [0, 0.05) is 11.1 Å². The van der Waals surface area contributed by atoms with Gasteiger partial charge in [-0.2, -0.15) is 0 Å². The standard InChI is InChI=1S/C24H24N2O2/c1-17(19-10-5-3-6-11-19)25-23(27)21-14-9-15-22(16-21)24(28)26-18(2)20-12-7-4-8-13-20/h3-18H,1-2H3,(H,25,27)(H,26,28)/t17-,18-/m1/s1. The third kappa shape index (κ3) is 4.86. The molecule has 0 bridgehead atoms. The molecule has 28 heavy (non-hydrogen) atoms. The van der Waals surface area contributed by atoms with E-state index in [0.717, 1.165) is 11.1 Å². The Morgan fingerprint density at radius 2 is 1.00 bits per heavy atom. The van der Waals surface area contributed by atoms with Crippen LogP contribution in [0.25, 0.3) is 0 Å². The molecule has 0 saturated heterocycles. The van der Waals surface area contributed by atoms with E-state index in [1.807, 2.05) is 74.5 Å². The lowest BCUT2D eigenvalue weighted by Gasteiger charge is -2.16. The van der Waals surface area contributed by atoms with Gasteiger partial charge < -0.3 is 10.6 Å². The maximum Gasteiger partial charge on any atom is 0.251 e. The molecule has 0 aliphatic carbocycles. The maximum atomic E-state index is 12.6. The molecule has 0 saturated carbocycles. The molecule has 0 radical (unpaired) electrons. The molecule has 3 aromatic rings. The smallest absolute Gasteiger partial charge is 0.251 e. The lowest BCUT2D eigenvalue weighted by molar-refractivity contribution is 0.0939. The molecule has 0 unspecified atom stereocenters. The van der Waals surface area contributed by atoms with Crippen LogP contribution in [-0.4, -0.2) is 11.8 Å². The van der Waals surface area contributed by atoms with Gasteiger partial charge in [0.15, 0.2) is 0 Å². The van der Waals surface area contributed by atoms with E-state index in [9.17, 15) is 9.59 Å². The van der Waals surface area contributed by atoms with Gasteiger partial charge in [0.2, 0.25) is 0 Å². The van der Waals surface area contributed by atoms with Crippen LogP contribution in [0.1, 0.15) is 57.8 Å². The largest absolute Gasteiger partial charge is 0.346 e. The molecule has 2 amide bonds. The Bertz CT molecular complexity index is 864. The quantitative estimate of drug-likeness (QED) is 0.661. The SMILES string of the molecule is C[C@@H](NC(=O)c1cccc(C(=O)N[C@H](C)c2ccccc2)c1)c1ccccc1. The van der Waals surface area contributed by atoms with Crippen LogP contribution in [0, 0.1) is 0 Å². The highest BCUT2D eigenvalue weighted by Crippen LogP contribution is 2.15. The van der Waals surface area contributed by atoms with Crippen molar-refractivity contribution in [1.29, 1.82) is 0 Å². The zero-order chi connectivity index (χ0) is 19.9. The van der Waals surface area contributed by atoms with Crippen LogP contribution in [0.4, 0.5) is 0 Å². The third-order valence-corrected chi connectivity index (χ3v) is 4.68. The molecular formula is C24H24N2O2. The first-order valence-corrected chi connectivity index (χ1v) is 9.36. The summed E-state index contributed by atoms with van der Waals surface area (Å²) in [6.45, 7) is 3.87. The van der Waals surface area contributed by atoms with Gasteiger partial charge in [-0.15, -0.1) is 0 Å². The molecule has 0 aromatic heterocycles. The summed E-state index contributed by atoms with van der Waals surface area (Å²) in [6.07, 6.45) is 0. The van der Waals surface area contributed by atoms with Gasteiger partial charge in [-0.1, -0.05) is 66.7 Å². The number of carbonyl (C=O) groups is 2. The van der Waals surface area contributed by atoms with Crippen molar-refractivity contribution >= 4 is 11.8 Å². The number of nitrogens with one attached hydrogen (secondary N) is 2. The maximum absolute atomic E-state index is 12.6. The number of rotatable bonds is 6. The van der Waals surface area contributed by atoms with Crippen LogP contribution < -0.4 is 10.6 Å². The topological polar surface area (TPSA) is 58.2 Å². The summed E-state index contributed by atoms with van der Waals surface area (Å²) in [5.41, 5.74) is 2.98. The summed E-state index contributed by atoms with van der Waals surface area (Å²) in [6, 6.07) is 26.1. The van der Waals surface area contributed by atoms with Crippen LogP contribution in [0.15, 0.2) is 84.9 Å². The van der Waals surface area contributed by atoms with Crippen molar-refractivity contribution in [2.75, 3.05) is 0 Å². The molecule has 0 fully saturated rings. The molecule has 3 rings (SSSR count). The van der Waals surface area contributed by atoms with Gasteiger partial charge in [-0.05, 0) is 43.2 Å². The minimum Gasteiger partial charge on any atom is -0.346 e. The number of hydrogen-bond donors (Lipinski definition) is 2. The van der Waals surface area contributed by atoms with E-state index in [0.29, 0.717) is 11.1 Å². The van der Waals surface area contributed by atoms with E-state index < -0.39 is 0 Å². The van der Waals surface area contributed by atoms with E-state index in [1.54, 1.807) is 24.3 Å². The Kier molecular flexibility index (Phi) is 6.22. The second-order valence-electron chi connectivity index (χ2n) is 6.79. The van der Waals surface area contributed by atoms with Gasteiger partial charge in [0.05, 0.1) is 12.1 Å². The zero-order valence-electron chi connectivity index (χ0n) is 16.1. The van der Waals surface area contributed by atoms with E-state index in [1.165, 1.54) is 0 Å². The van der Waals surface area contributed by atoms with Gasteiger partial charge >= 0.3 is 0 Å². The number of carbonyl (C=O) groups excluding carboxylic acids is 2. The van der Waals surface area contributed by atoms with Crippen LogP contribution in [0.3, 0.4) is 0 Å². The van der Waals surface area contributed by atoms with Crippen molar-refractivity contribution in [3.8, 4) is 0 Å². The first-order chi connectivity index (χ1) is 13.5. The highest BCUT2D eigenvalue weighted by atomic mass is 16.2. The summed E-state index contributed by atoms with van der Waals surface area (Å²) in [5.74, 6) is -0.413. The first kappa shape index (κ1) is 19.4. The molecule has 4 nitrogen and oxygen atoms in total. The average Bonchev–Trinajstić information content (AvgIpc) is 2.75. The number of amides is 2. The number of hydrogen-bond acceptors (Lipinski definition) is 2. The summed E-state index contributed by atoms with van der Waals surface area (Å²) in [7, 11) is 0. The summed E-state index contributed by atoms with van der Waals surface area (Å²) in [4.78, 5) is 25.2. The van der Waals surface area contributed by atoms with Crippen molar-refractivity contribution < 1.29 is 9.59 Å². The Balaban J connectivity index is 1.67. The normalized spacial score (nSPS) is 12.6. The van der Waals surface area contributed by atoms with Gasteiger partial charge in [0.25, 0.3) is 11.8 Å². The Hall–Kier alpha value is -3.40. The molecule has 0 heterocycles. The van der Waals surface area contributed by atoms with Gasteiger partial charge in [0.1, 0.15) is 0 Å². The predicted octanol–water partition coefficient (Wildman–Crippen LogP) is 4.67. The second-order valence-corrected chi connectivity index (χ2v) is 6.79. The van der Waals surface area contributed by atoms with E-state index in [2.05, 4.69) is 10.6 Å². The first-order valence-electron chi connectivity index (χ1n) is 9.36. The summed E-state index contributed by atoms with van der Waals surface area (Å²) in [5, 5.41) is 5.95. The molecule has 0 aliphatic heterocycles. The molecule has 4 heteroatoms. The Morgan fingerprint density at radius 3 is 1.39 bits per heavy atom. The van der Waals surface area contributed by atoms with E-state index in [4.69, 9.17) is 0 Å². The Morgan fingerprint density at radius 1 is 0.607 bits per heavy atom. The zero-order valence-corrected chi connectivity index (χ0v) is 16.1. The third-order valence-electron chi connectivity index (χ3n) is 4.68. The predicted molar refractivity (Wildman–Crippen MR) is 111 cm³/mol. The van der Waals surface area contributed by atoms with Gasteiger partial charge in [-0.3, -0.25) is 9.59 Å². The van der Waals surface area contributed by atoms with Crippen molar-refractivity contribution in [2.24, 2.45) is 0 Å². The van der Waals surface area contributed by atoms with Crippen LogP contribution in [-0.2, 0) is 0 Å². The molecule has 3 aromatic carbocycles. The minimum absolute atomic E-state index is 0.121. The lowest BCUT2D eigenvalue weighted by Crippen LogP contribution is -2.28. The van der Waals surface area contributed by atoms with Crippen molar-refractivity contribution in [2.45, 2.75) is 25.9 Å². The van der Waals surface area contributed by atoms with Gasteiger partial charge in [-0.25, -0.2) is 0 Å². The monoisotopic (exact) mass is 372 g/mol. The van der Waals surface area contributed by atoms with Crippen LogP contribution in [0.5, 0.6) is 0 Å².